The van der Waals surface area contributed by atoms with Gasteiger partial charge in [0.25, 0.3) is 11.8 Å². The molecule has 8 heteroatoms. The molecule has 140 valence electrons. The lowest BCUT2D eigenvalue weighted by Crippen LogP contribution is -2.41. The molecular formula is C19H19N3O5. The molecule has 0 radical (unpaired) electrons. The van der Waals surface area contributed by atoms with Crippen LogP contribution in [0.5, 0.6) is 5.75 Å². The van der Waals surface area contributed by atoms with Crippen LogP contribution in [0.15, 0.2) is 45.5 Å². The summed E-state index contributed by atoms with van der Waals surface area (Å²) >= 11 is 0. The second kappa shape index (κ2) is 7.77. The molecular weight excluding hydrogens is 350 g/mol. The number of amides is 2. The van der Waals surface area contributed by atoms with Crippen LogP contribution < -0.4 is 15.6 Å². The van der Waals surface area contributed by atoms with Gasteiger partial charge in [-0.05, 0) is 51.1 Å². The van der Waals surface area contributed by atoms with E-state index in [1.165, 1.54) is 12.3 Å². The van der Waals surface area contributed by atoms with Crippen molar-refractivity contribution in [1.29, 1.82) is 0 Å². The van der Waals surface area contributed by atoms with E-state index in [0.29, 0.717) is 35.0 Å². The zero-order chi connectivity index (χ0) is 19.4. The lowest BCUT2D eigenvalue weighted by Gasteiger charge is -2.09. The van der Waals surface area contributed by atoms with Crippen molar-refractivity contribution in [1.82, 2.24) is 16.0 Å². The number of hydrogen-bond donors (Lipinski definition) is 2. The third-order valence-electron chi connectivity index (χ3n) is 4.07. The van der Waals surface area contributed by atoms with Gasteiger partial charge in [-0.25, -0.2) is 0 Å². The number of carbonyl (C=O) groups is 2. The summed E-state index contributed by atoms with van der Waals surface area (Å²) in [5.41, 5.74) is 7.13. The second-order valence-corrected chi connectivity index (χ2v) is 5.91. The van der Waals surface area contributed by atoms with Crippen LogP contribution in [0.1, 0.15) is 43.5 Å². The summed E-state index contributed by atoms with van der Waals surface area (Å²) in [6.45, 7) is 5.66. The van der Waals surface area contributed by atoms with Gasteiger partial charge in [0.2, 0.25) is 0 Å². The molecule has 3 aromatic rings. The number of aryl methyl sites for hydroxylation is 3. The first-order chi connectivity index (χ1) is 13.0. The topological polar surface area (TPSA) is 107 Å². The maximum Gasteiger partial charge on any atom is 0.273 e. The Balaban J connectivity index is 1.54. The van der Waals surface area contributed by atoms with E-state index in [1.807, 2.05) is 13.8 Å². The Morgan fingerprint density at radius 3 is 2.30 bits per heavy atom. The highest BCUT2D eigenvalue weighted by molar-refractivity contribution is 5.99. The minimum absolute atomic E-state index is 0.326. The molecule has 2 aromatic heterocycles. The Morgan fingerprint density at radius 1 is 1.00 bits per heavy atom. The predicted molar refractivity (Wildman–Crippen MR) is 95.1 cm³/mol. The van der Waals surface area contributed by atoms with Gasteiger partial charge in [0.1, 0.15) is 23.9 Å². The standard InChI is InChI=1S/C19H19N3O5/c1-11-17(13(3)27-22-11)10-26-15-6-4-14(5-7-15)18(23)20-21-19(24)16-8-9-25-12(16)2/h4-9H,10H2,1-3H3,(H,20,23)(H,21,24). The van der Waals surface area contributed by atoms with Crippen molar-refractivity contribution in [3.8, 4) is 5.75 Å². The van der Waals surface area contributed by atoms with Crippen molar-refractivity contribution >= 4 is 11.8 Å². The maximum absolute atomic E-state index is 12.1. The SMILES string of the molecule is Cc1noc(C)c1COc1ccc(C(=O)NNC(=O)c2ccoc2C)cc1. The van der Waals surface area contributed by atoms with E-state index in [-0.39, 0.29) is 0 Å². The molecule has 0 aliphatic rings. The zero-order valence-electron chi connectivity index (χ0n) is 15.2. The molecule has 27 heavy (non-hydrogen) atoms. The molecule has 0 spiro atoms. The fraction of sp³-hybridized carbons (Fsp3) is 0.211. The summed E-state index contributed by atoms with van der Waals surface area (Å²) in [6, 6.07) is 8.09. The summed E-state index contributed by atoms with van der Waals surface area (Å²) in [4.78, 5) is 24.1. The van der Waals surface area contributed by atoms with Crippen molar-refractivity contribution in [2.24, 2.45) is 0 Å². The Hall–Kier alpha value is -3.55. The third-order valence-corrected chi connectivity index (χ3v) is 4.07. The molecule has 0 saturated heterocycles. The van der Waals surface area contributed by atoms with Gasteiger partial charge in [-0.15, -0.1) is 0 Å². The molecule has 2 heterocycles. The predicted octanol–water partition coefficient (Wildman–Crippen LogP) is 2.85. The van der Waals surface area contributed by atoms with Crippen LogP contribution in [0.2, 0.25) is 0 Å². The van der Waals surface area contributed by atoms with E-state index in [0.717, 1.165) is 11.3 Å². The summed E-state index contributed by atoms with van der Waals surface area (Å²) in [5, 5.41) is 3.88. The Bertz CT molecular complexity index is 937. The number of nitrogens with zero attached hydrogens (tertiary/aromatic N) is 1. The molecule has 2 N–H and O–H groups in total. The summed E-state index contributed by atoms with van der Waals surface area (Å²) in [7, 11) is 0. The molecule has 0 fully saturated rings. The highest BCUT2D eigenvalue weighted by Crippen LogP contribution is 2.18. The van der Waals surface area contributed by atoms with Crippen LogP contribution in [-0.2, 0) is 6.61 Å². The molecule has 0 aliphatic carbocycles. The van der Waals surface area contributed by atoms with Crippen molar-refractivity contribution < 1.29 is 23.3 Å². The van der Waals surface area contributed by atoms with Crippen molar-refractivity contribution in [3.05, 3.63) is 70.5 Å². The number of carbonyl (C=O) groups excluding carboxylic acids is 2. The van der Waals surface area contributed by atoms with Gasteiger partial charge < -0.3 is 13.7 Å². The van der Waals surface area contributed by atoms with Crippen LogP contribution >= 0.6 is 0 Å². The van der Waals surface area contributed by atoms with Crippen molar-refractivity contribution in [2.75, 3.05) is 0 Å². The molecule has 0 atom stereocenters. The number of rotatable bonds is 5. The lowest BCUT2D eigenvalue weighted by atomic mass is 10.2. The zero-order valence-corrected chi connectivity index (χ0v) is 15.2. The van der Waals surface area contributed by atoms with E-state index in [9.17, 15) is 9.59 Å². The average molecular weight is 369 g/mol. The van der Waals surface area contributed by atoms with Crippen molar-refractivity contribution in [2.45, 2.75) is 27.4 Å². The normalized spacial score (nSPS) is 10.5. The van der Waals surface area contributed by atoms with Crippen LogP contribution in [0.3, 0.4) is 0 Å². The lowest BCUT2D eigenvalue weighted by molar-refractivity contribution is 0.0845. The maximum atomic E-state index is 12.1. The van der Waals surface area contributed by atoms with Gasteiger partial charge in [-0.2, -0.15) is 0 Å². The monoisotopic (exact) mass is 369 g/mol. The summed E-state index contributed by atoms with van der Waals surface area (Å²) in [5.74, 6) is 0.897. The Labute approximate surface area is 155 Å². The number of benzene rings is 1. The molecule has 1 aromatic carbocycles. The fourth-order valence-corrected chi connectivity index (χ4v) is 2.44. The third kappa shape index (κ3) is 4.17. The van der Waals surface area contributed by atoms with Gasteiger partial charge in [0.05, 0.1) is 23.1 Å². The first kappa shape index (κ1) is 18.2. The molecule has 2 amide bonds. The number of ether oxygens (including phenoxy) is 1. The second-order valence-electron chi connectivity index (χ2n) is 5.91. The largest absolute Gasteiger partial charge is 0.489 e. The highest BCUT2D eigenvalue weighted by Gasteiger charge is 2.13. The van der Waals surface area contributed by atoms with E-state index >= 15 is 0 Å². The summed E-state index contributed by atoms with van der Waals surface area (Å²) in [6.07, 6.45) is 1.41. The van der Waals surface area contributed by atoms with E-state index in [4.69, 9.17) is 13.7 Å². The number of hydrazine groups is 1. The first-order valence-electron chi connectivity index (χ1n) is 8.25. The van der Waals surface area contributed by atoms with Gasteiger partial charge in [0, 0.05) is 5.56 Å². The van der Waals surface area contributed by atoms with E-state index in [2.05, 4.69) is 16.0 Å². The van der Waals surface area contributed by atoms with Crippen LogP contribution in [0, 0.1) is 20.8 Å². The number of hydrogen-bond acceptors (Lipinski definition) is 6. The highest BCUT2D eigenvalue weighted by atomic mass is 16.5. The summed E-state index contributed by atoms with van der Waals surface area (Å²) < 4.78 is 15.8. The van der Waals surface area contributed by atoms with Gasteiger partial charge >= 0.3 is 0 Å². The van der Waals surface area contributed by atoms with E-state index in [1.54, 1.807) is 31.2 Å². The smallest absolute Gasteiger partial charge is 0.273 e. The van der Waals surface area contributed by atoms with Crippen LogP contribution in [-0.4, -0.2) is 17.0 Å². The van der Waals surface area contributed by atoms with Crippen LogP contribution in [0.25, 0.3) is 0 Å². The quantitative estimate of drug-likeness (QED) is 0.670. The fourth-order valence-electron chi connectivity index (χ4n) is 2.44. The van der Waals surface area contributed by atoms with Crippen LogP contribution in [0.4, 0.5) is 0 Å². The number of nitrogens with one attached hydrogen (secondary N) is 2. The minimum atomic E-state index is -0.450. The Morgan fingerprint density at radius 2 is 1.70 bits per heavy atom. The van der Waals surface area contributed by atoms with E-state index < -0.39 is 11.8 Å². The number of aromatic nitrogens is 1. The minimum Gasteiger partial charge on any atom is -0.489 e. The molecule has 3 rings (SSSR count). The Kier molecular flexibility index (Phi) is 5.25. The molecule has 0 unspecified atom stereocenters. The number of furan rings is 1. The molecule has 8 nitrogen and oxygen atoms in total. The van der Waals surface area contributed by atoms with Gasteiger partial charge in [-0.1, -0.05) is 5.16 Å². The van der Waals surface area contributed by atoms with Gasteiger partial charge in [0.15, 0.2) is 0 Å². The molecule has 0 bridgehead atoms. The van der Waals surface area contributed by atoms with Gasteiger partial charge in [-0.3, -0.25) is 20.4 Å². The first-order valence-corrected chi connectivity index (χ1v) is 8.25. The van der Waals surface area contributed by atoms with Crippen molar-refractivity contribution in [3.63, 3.8) is 0 Å². The molecule has 0 saturated carbocycles. The average Bonchev–Trinajstić information content (AvgIpc) is 3.23. The molecule has 0 aliphatic heterocycles.